The van der Waals surface area contributed by atoms with Crippen molar-refractivity contribution in [3.8, 4) is 5.75 Å². The highest BCUT2D eigenvalue weighted by Gasteiger charge is 2.61. The largest absolute Gasteiger partial charge is 0.573 e. The Morgan fingerprint density at radius 3 is 2.68 bits per heavy atom. The molecule has 0 aromatic heterocycles. The summed E-state index contributed by atoms with van der Waals surface area (Å²) in [5.74, 6) is 0.806. The predicted molar refractivity (Wildman–Crippen MR) is 123 cm³/mol. The van der Waals surface area contributed by atoms with Crippen LogP contribution in [0.15, 0.2) is 42.0 Å². The van der Waals surface area contributed by atoms with E-state index in [0.717, 1.165) is 37.7 Å². The number of likely N-dealkylation sites (N-methyl/N-ethyl adjacent to an activating group) is 1. The Labute approximate surface area is 198 Å². The molecule has 184 valence electrons. The van der Waals surface area contributed by atoms with Crippen LogP contribution in [-0.4, -0.2) is 41.5 Å². The van der Waals surface area contributed by atoms with E-state index in [2.05, 4.69) is 24.7 Å². The van der Waals surface area contributed by atoms with Crippen molar-refractivity contribution in [3.63, 3.8) is 0 Å². The number of hydrogen-bond donors (Lipinski definition) is 1. The molecule has 4 aliphatic rings. The van der Waals surface area contributed by atoms with Crippen LogP contribution in [0.5, 0.6) is 5.75 Å². The molecular formula is C27H32F3NO3. The van der Waals surface area contributed by atoms with Gasteiger partial charge in [-0.3, -0.25) is 4.79 Å². The zero-order valence-electron chi connectivity index (χ0n) is 19.8. The van der Waals surface area contributed by atoms with Gasteiger partial charge in [0, 0.05) is 12.5 Å². The molecule has 0 radical (unpaired) electrons. The maximum absolute atomic E-state index is 12.8. The fourth-order valence-electron chi connectivity index (χ4n) is 7.83. The van der Waals surface area contributed by atoms with Gasteiger partial charge in [0.1, 0.15) is 5.75 Å². The van der Waals surface area contributed by atoms with Gasteiger partial charge >= 0.3 is 6.36 Å². The number of alkyl halides is 3. The van der Waals surface area contributed by atoms with Gasteiger partial charge in [0.2, 0.25) is 5.91 Å². The zero-order chi connectivity index (χ0) is 24.5. The van der Waals surface area contributed by atoms with Crippen LogP contribution in [0.4, 0.5) is 13.2 Å². The second kappa shape index (κ2) is 7.87. The van der Waals surface area contributed by atoms with Crippen LogP contribution in [0.1, 0.15) is 51.5 Å². The van der Waals surface area contributed by atoms with E-state index in [9.17, 15) is 23.1 Å². The molecule has 7 heteroatoms. The first-order valence-electron chi connectivity index (χ1n) is 12.1. The standard InChI is InChI=1S/C27H32F3NO3/c1-25-11-9-21-19(20(25)7-8-22(25)32)15-17(24-26(21,2)12-10-23(33)31(24)3)13-16-5-4-6-18(14-16)34-27(28,29)30/h4-6,10,12-14,19-22,24,32H,7-9,11,15H2,1-3H3/t19-,20-,21+,22?,24?,25-,26+/m0/s1. The highest BCUT2D eigenvalue weighted by molar-refractivity contribution is 5.89. The molecule has 4 nitrogen and oxygen atoms in total. The number of carbonyl (C=O) groups is 1. The molecule has 3 saturated carbocycles. The molecule has 1 heterocycles. The third-order valence-electron chi connectivity index (χ3n) is 9.36. The van der Waals surface area contributed by atoms with Gasteiger partial charge in [-0.1, -0.05) is 38.1 Å². The van der Waals surface area contributed by atoms with Crippen LogP contribution in [0, 0.1) is 28.6 Å². The van der Waals surface area contributed by atoms with E-state index in [0.29, 0.717) is 23.3 Å². The monoisotopic (exact) mass is 475 g/mol. The molecular weight excluding hydrogens is 443 g/mol. The van der Waals surface area contributed by atoms with Crippen LogP contribution in [0.25, 0.3) is 6.08 Å². The van der Waals surface area contributed by atoms with Gasteiger partial charge < -0.3 is 14.7 Å². The maximum atomic E-state index is 12.8. The van der Waals surface area contributed by atoms with Crippen molar-refractivity contribution < 1.29 is 27.8 Å². The van der Waals surface area contributed by atoms with Gasteiger partial charge in [-0.2, -0.15) is 0 Å². The topological polar surface area (TPSA) is 49.8 Å². The Kier molecular flexibility index (Phi) is 5.43. The fraction of sp³-hybridized carbons (Fsp3) is 0.593. The quantitative estimate of drug-likeness (QED) is 0.608. The third kappa shape index (κ3) is 3.67. The van der Waals surface area contributed by atoms with Crippen molar-refractivity contribution in [2.75, 3.05) is 7.05 Å². The zero-order valence-corrected chi connectivity index (χ0v) is 19.8. The summed E-state index contributed by atoms with van der Waals surface area (Å²) in [5, 5.41) is 10.8. The Bertz CT molecular complexity index is 1050. The Morgan fingerprint density at radius 1 is 1.18 bits per heavy atom. The number of fused-ring (bicyclic) bond motifs is 5. The lowest BCUT2D eigenvalue weighted by atomic mass is 9.47. The van der Waals surface area contributed by atoms with E-state index in [-0.39, 0.29) is 34.6 Å². The number of hydrogen-bond acceptors (Lipinski definition) is 3. The molecule has 2 unspecified atom stereocenters. The second-order valence-electron chi connectivity index (χ2n) is 11.1. The summed E-state index contributed by atoms with van der Waals surface area (Å²) in [6.45, 7) is 4.44. The van der Waals surface area contributed by atoms with E-state index < -0.39 is 6.36 Å². The summed E-state index contributed by atoms with van der Waals surface area (Å²) in [4.78, 5) is 14.5. The number of carbonyl (C=O) groups excluding carboxylic acids is 1. The van der Waals surface area contributed by atoms with Crippen LogP contribution in [0.2, 0.25) is 0 Å². The third-order valence-corrected chi connectivity index (χ3v) is 9.36. The van der Waals surface area contributed by atoms with Crippen molar-refractivity contribution in [3.05, 3.63) is 47.6 Å². The van der Waals surface area contributed by atoms with Crippen LogP contribution in [0.3, 0.4) is 0 Å². The average Bonchev–Trinajstić information content (AvgIpc) is 3.05. The highest BCUT2D eigenvalue weighted by atomic mass is 19.4. The van der Waals surface area contributed by atoms with Gasteiger partial charge in [-0.15, -0.1) is 13.2 Å². The Balaban J connectivity index is 1.57. The van der Waals surface area contributed by atoms with Crippen molar-refractivity contribution in [1.82, 2.24) is 4.90 Å². The molecule has 0 saturated heterocycles. The van der Waals surface area contributed by atoms with Gasteiger partial charge in [-0.25, -0.2) is 0 Å². The van der Waals surface area contributed by atoms with Crippen molar-refractivity contribution in [1.29, 1.82) is 0 Å². The summed E-state index contributed by atoms with van der Waals surface area (Å²) in [5.41, 5.74) is 1.30. The number of aliphatic hydroxyl groups excluding tert-OH is 1. The lowest BCUT2D eigenvalue weighted by Crippen LogP contribution is -2.60. The summed E-state index contributed by atoms with van der Waals surface area (Å²) in [6.07, 6.45) is 5.19. The maximum Gasteiger partial charge on any atom is 0.573 e. The molecule has 1 aromatic carbocycles. The molecule has 3 fully saturated rings. The van der Waals surface area contributed by atoms with Gasteiger partial charge in [0.05, 0.1) is 12.1 Å². The number of amides is 1. The van der Waals surface area contributed by atoms with Crippen LogP contribution >= 0.6 is 0 Å². The van der Waals surface area contributed by atoms with E-state index in [1.807, 2.05) is 13.1 Å². The van der Waals surface area contributed by atoms with Crippen LogP contribution in [-0.2, 0) is 4.79 Å². The van der Waals surface area contributed by atoms with E-state index in [4.69, 9.17) is 0 Å². The van der Waals surface area contributed by atoms with E-state index >= 15 is 0 Å². The molecule has 1 amide bonds. The predicted octanol–water partition coefficient (Wildman–Crippen LogP) is 5.58. The molecule has 1 aliphatic heterocycles. The molecule has 0 spiro atoms. The fourth-order valence-corrected chi connectivity index (χ4v) is 7.83. The van der Waals surface area contributed by atoms with Gasteiger partial charge in [-0.05, 0) is 84.6 Å². The molecule has 1 aromatic rings. The molecule has 34 heavy (non-hydrogen) atoms. The number of ether oxygens (including phenoxy) is 1. The number of nitrogens with zero attached hydrogens (tertiary/aromatic N) is 1. The lowest BCUT2D eigenvalue weighted by Gasteiger charge is -2.60. The first kappa shape index (κ1) is 23.5. The van der Waals surface area contributed by atoms with Gasteiger partial charge in [0.25, 0.3) is 0 Å². The SMILES string of the molecule is CN1C(=O)C=C[C@@]2(C)C1C(=Cc1cccc(OC(F)(F)F)c1)C[C@@H]1[C@H]2CC[C@]2(C)C(O)CC[C@@H]12. The molecule has 0 bridgehead atoms. The minimum atomic E-state index is -4.75. The molecule has 3 aliphatic carbocycles. The first-order valence-corrected chi connectivity index (χ1v) is 12.1. The summed E-state index contributed by atoms with van der Waals surface area (Å²) in [6, 6.07) is 5.86. The smallest absolute Gasteiger partial charge is 0.406 e. The summed E-state index contributed by atoms with van der Waals surface area (Å²) >= 11 is 0. The molecule has 7 atom stereocenters. The van der Waals surface area contributed by atoms with Gasteiger partial charge in [0.15, 0.2) is 0 Å². The van der Waals surface area contributed by atoms with Crippen molar-refractivity contribution in [2.24, 2.45) is 28.6 Å². The lowest BCUT2D eigenvalue weighted by molar-refractivity contribution is -0.274. The number of halogens is 3. The number of rotatable bonds is 2. The van der Waals surface area contributed by atoms with E-state index in [1.54, 1.807) is 23.1 Å². The minimum absolute atomic E-state index is 0.0575. The molecule has 1 N–H and O–H groups in total. The number of aliphatic hydroxyl groups is 1. The molecule has 5 rings (SSSR count). The summed E-state index contributed by atoms with van der Waals surface area (Å²) in [7, 11) is 1.82. The Morgan fingerprint density at radius 2 is 1.94 bits per heavy atom. The van der Waals surface area contributed by atoms with Crippen molar-refractivity contribution in [2.45, 2.75) is 64.5 Å². The highest BCUT2D eigenvalue weighted by Crippen LogP contribution is 2.64. The average molecular weight is 476 g/mol. The Hall–Kier alpha value is -2.28. The van der Waals surface area contributed by atoms with Crippen molar-refractivity contribution >= 4 is 12.0 Å². The summed E-state index contributed by atoms with van der Waals surface area (Å²) < 4.78 is 42.4. The first-order chi connectivity index (χ1) is 15.9. The van der Waals surface area contributed by atoms with Crippen LogP contribution < -0.4 is 4.74 Å². The minimum Gasteiger partial charge on any atom is -0.406 e. The number of benzene rings is 1. The second-order valence-corrected chi connectivity index (χ2v) is 11.1. The normalized spacial score (nSPS) is 40.7. The van der Waals surface area contributed by atoms with E-state index in [1.165, 1.54) is 12.1 Å².